The summed E-state index contributed by atoms with van der Waals surface area (Å²) in [6, 6.07) is 1.26. The molecule has 0 aliphatic carbocycles. The number of aliphatic hydroxyl groups excluding tert-OH is 1. The van der Waals surface area contributed by atoms with Gasteiger partial charge < -0.3 is 15.4 Å². The number of nitrogens with zero attached hydrogens (tertiary/aromatic N) is 2. The smallest absolute Gasteiger partial charge is 0.265 e. The van der Waals surface area contributed by atoms with Crippen LogP contribution in [0.2, 0.25) is 0 Å². The Morgan fingerprint density at radius 3 is 2.55 bits per heavy atom. The standard InChI is InChI=1S/C12H21N3O4S/c1-3-4-5-15(6-7-16)20(18,19)10-8-11(12(13)17)14(2)9-10/h8-9,16H,3-7H2,1-2H3,(H2,13,17). The predicted molar refractivity (Wildman–Crippen MR) is 74.7 cm³/mol. The zero-order valence-electron chi connectivity index (χ0n) is 11.7. The van der Waals surface area contributed by atoms with Gasteiger partial charge in [0.25, 0.3) is 5.91 Å². The number of rotatable bonds is 8. The molecule has 0 aromatic carbocycles. The van der Waals surface area contributed by atoms with Crippen LogP contribution in [0.3, 0.4) is 0 Å². The van der Waals surface area contributed by atoms with E-state index in [0.29, 0.717) is 13.0 Å². The highest BCUT2D eigenvalue weighted by atomic mass is 32.2. The Bertz CT molecular complexity index is 565. The van der Waals surface area contributed by atoms with E-state index in [4.69, 9.17) is 10.8 Å². The third kappa shape index (κ3) is 3.59. The summed E-state index contributed by atoms with van der Waals surface area (Å²) < 4.78 is 27.5. The SMILES string of the molecule is CCCCN(CCO)S(=O)(=O)c1cc(C(N)=O)n(C)c1. The number of sulfonamides is 1. The van der Waals surface area contributed by atoms with E-state index in [9.17, 15) is 13.2 Å². The normalized spacial score (nSPS) is 12.0. The van der Waals surface area contributed by atoms with E-state index in [1.54, 1.807) is 7.05 Å². The molecule has 0 fully saturated rings. The lowest BCUT2D eigenvalue weighted by Crippen LogP contribution is -2.34. The Morgan fingerprint density at radius 2 is 2.10 bits per heavy atom. The first-order valence-electron chi connectivity index (χ1n) is 6.41. The average molecular weight is 303 g/mol. The van der Waals surface area contributed by atoms with Crippen molar-refractivity contribution >= 4 is 15.9 Å². The van der Waals surface area contributed by atoms with Crippen LogP contribution < -0.4 is 5.73 Å². The number of carbonyl (C=O) groups excluding carboxylic acids is 1. The van der Waals surface area contributed by atoms with Crippen molar-refractivity contribution in [3.8, 4) is 0 Å². The van der Waals surface area contributed by atoms with Crippen LogP contribution in [0.1, 0.15) is 30.3 Å². The Balaban J connectivity index is 3.12. The van der Waals surface area contributed by atoms with Crippen molar-refractivity contribution in [3.63, 3.8) is 0 Å². The zero-order chi connectivity index (χ0) is 15.3. The van der Waals surface area contributed by atoms with Crippen molar-refractivity contribution in [2.45, 2.75) is 24.7 Å². The fourth-order valence-corrected chi connectivity index (χ4v) is 3.41. The van der Waals surface area contributed by atoms with Crippen molar-refractivity contribution in [2.75, 3.05) is 19.7 Å². The molecular weight excluding hydrogens is 282 g/mol. The molecule has 0 bridgehead atoms. The molecule has 1 heterocycles. The number of nitrogens with two attached hydrogens (primary N) is 1. The molecule has 0 unspecified atom stereocenters. The molecular formula is C12H21N3O4S. The first-order valence-corrected chi connectivity index (χ1v) is 7.85. The molecule has 0 saturated heterocycles. The fourth-order valence-electron chi connectivity index (χ4n) is 1.87. The summed E-state index contributed by atoms with van der Waals surface area (Å²) >= 11 is 0. The molecule has 114 valence electrons. The van der Waals surface area contributed by atoms with Crippen molar-refractivity contribution in [3.05, 3.63) is 18.0 Å². The van der Waals surface area contributed by atoms with Crippen LogP contribution in [0.4, 0.5) is 0 Å². The number of aromatic nitrogens is 1. The van der Waals surface area contributed by atoms with Gasteiger partial charge >= 0.3 is 0 Å². The number of aliphatic hydroxyl groups is 1. The molecule has 0 aliphatic rings. The molecule has 20 heavy (non-hydrogen) atoms. The summed E-state index contributed by atoms with van der Waals surface area (Å²) in [6.07, 6.45) is 2.90. The van der Waals surface area contributed by atoms with Gasteiger partial charge in [0.05, 0.1) is 6.61 Å². The van der Waals surface area contributed by atoms with Crippen LogP contribution in [0.5, 0.6) is 0 Å². The van der Waals surface area contributed by atoms with Crippen molar-refractivity contribution in [1.82, 2.24) is 8.87 Å². The molecule has 1 amide bonds. The Labute approximate surface area is 119 Å². The van der Waals surface area contributed by atoms with Gasteiger partial charge in [-0.15, -0.1) is 0 Å². The molecule has 0 aliphatic heterocycles. The second-order valence-corrected chi connectivity index (χ2v) is 6.46. The minimum absolute atomic E-state index is 0.0124. The molecule has 1 rings (SSSR count). The summed E-state index contributed by atoms with van der Waals surface area (Å²) in [5.74, 6) is -0.684. The van der Waals surface area contributed by atoms with Gasteiger partial charge in [-0.2, -0.15) is 4.31 Å². The summed E-state index contributed by atoms with van der Waals surface area (Å²) in [5, 5.41) is 9.01. The first kappa shape index (κ1) is 16.7. The van der Waals surface area contributed by atoms with Gasteiger partial charge in [0, 0.05) is 26.3 Å². The number of amides is 1. The highest BCUT2D eigenvalue weighted by molar-refractivity contribution is 7.89. The molecule has 8 heteroatoms. The Kier molecular flexibility index (Phi) is 5.73. The van der Waals surface area contributed by atoms with E-state index >= 15 is 0 Å². The van der Waals surface area contributed by atoms with E-state index in [-0.39, 0.29) is 23.7 Å². The minimum Gasteiger partial charge on any atom is -0.395 e. The van der Waals surface area contributed by atoms with Gasteiger partial charge in [0.1, 0.15) is 10.6 Å². The maximum Gasteiger partial charge on any atom is 0.265 e. The van der Waals surface area contributed by atoms with E-state index in [0.717, 1.165) is 6.42 Å². The van der Waals surface area contributed by atoms with Crippen LogP contribution in [0.25, 0.3) is 0 Å². The van der Waals surface area contributed by atoms with Crippen LogP contribution in [-0.2, 0) is 17.1 Å². The maximum absolute atomic E-state index is 12.5. The van der Waals surface area contributed by atoms with Crippen LogP contribution >= 0.6 is 0 Å². The summed E-state index contributed by atoms with van der Waals surface area (Å²) in [5.41, 5.74) is 5.31. The van der Waals surface area contributed by atoms with E-state index in [1.807, 2.05) is 6.92 Å². The topological polar surface area (TPSA) is 106 Å². The van der Waals surface area contributed by atoms with E-state index in [2.05, 4.69) is 0 Å². The monoisotopic (exact) mass is 303 g/mol. The molecule has 7 nitrogen and oxygen atoms in total. The quantitative estimate of drug-likeness (QED) is 0.700. The number of hydrogen-bond donors (Lipinski definition) is 2. The van der Waals surface area contributed by atoms with Gasteiger partial charge in [-0.1, -0.05) is 13.3 Å². The highest BCUT2D eigenvalue weighted by Crippen LogP contribution is 2.18. The van der Waals surface area contributed by atoms with E-state index < -0.39 is 15.9 Å². The third-order valence-corrected chi connectivity index (χ3v) is 4.84. The number of aryl methyl sites for hydroxylation is 1. The van der Waals surface area contributed by atoms with Gasteiger partial charge in [0.2, 0.25) is 10.0 Å². The lowest BCUT2D eigenvalue weighted by Gasteiger charge is -2.20. The van der Waals surface area contributed by atoms with Crippen molar-refractivity contribution in [1.29, 1.82) is 0 Å². The summed E-state index contributed by atoms with van der Waals surface area (Å²) in [6.45, 7) is 2.07. The predicted octanol–water partition coefficient (Wildman–Crippen LogP) is -0.0929. The maximum atomic E-state index is 12.5. The Morgan fingerprint density at radius 1 is 1.45 bits per heavy atom. The molecule has 1 aromatic rings. The molecule has 0 radical (unpaired) electrons. The van der Waals surface area contributed by atoms with Gasteiger partial charge in [-0.3, -0.25) is 4.79 Å². The largest absolute Gasteiger partial charge is 0.395 e. The summed E-state index contributed by atoms with van der Waals surface area (Å²) in [7, 11) is -2.17. The van der Waals surface area contributed by atoms with E-state index in [1.165, 1.54) is 21.1 Å². The third-order valence-electron chi connectivity index (χ3n) is 2.98. The minimum atomic E-state index is -3.73. The van der Waals surface area contributed by atoms with Gasteiger partial charge in [-0.25, -0.2) is 8.42 Å². The molecule has 0 saturated carbocycles. The number of primary amides is 1. The van der Waals surface area contributed by atoms with Crippen molar-refractivity contribution in [2.24, 2.45) is 12.8 Å². The van der Waals surface area contributed by atoms with Gasteiger partial charge in [-0.05, 0) is 12.5 Å². The summed E-state index contributed by atoms with van der Waals surface area (Å²) in [4.78, 5) is 11.2. The molecule has 0 atom stereocenters. The molecule has 1 aromatic heterocycles. The molecule has 3 N–H and O–H groups in total. The first-order chi connectivity index (χ1) is 9.34. The number of hydrogen-bond acceptors (Lipinski definition) is 4. The van der Waals surface area contributed by atoms with Crippen molar-refractivity contribution < 1.29 is 18.3 Å². The van der Waals surface area contributed by atoms with Gasteiger partial charge in [0.15, 0.2) is 0 Å². The Hall–Kier alpha value is -1.38. The zero-order valence-corrected chi connectivity index (χ0v) is 12.6. The number of carbonyl (C=O) groups is 1. The number of unbranched alkanes of at least 4 members (excludes halogenated alkanes) is 1. The average Bonchev–Trinajstić information content (AvgIpc) is 2.77. The lowest BCUT2D eigenvalue weighted by molar-refractivity contribution is 0.0992. The molecule has 0 spiro atoms. The second kappa shape index (κ2) is 6.87. The second-order valence-electron chi connectivity index (χ2n) is 4.52. The fraction of sp³-hybridized carbons (Fsp3) is 0.583. The van der Waals surface area contributed by atoms with Crippen LogP contribution in [-0.4, -0.2) is 48.0 Å². The van der Waals surface area contributed by atoms with Crippen LogP contribution in [0.15, 0.2) is 17.2 Å². The lowest BCUT2D eigenvalue weighted by atomic mass is 10.3. The van der Waals surface area contributed by atoms with Crippen LogP contribution in [0, 0.1) is 0 Å². The highest BCUT2D eigenvalue weighted by Gasteiger charge is 2.26.